The van der Waals surface area contributed by atoms with Gasteiger partial charge in [-0.15, -0.1) is 0 Å². The van der Waals surface area contributed by atoms with E-state index in [1.807, 2.05) is 0 Å². The molecule has 2 aromatic heterocycles. The number of hydrogen-bond acceptors (Lipinski definition) is 5. The Bertz CT molecular complexity index is 1360. The Hall–Kier alpha value is -4.40. The molecule has 2 heterocycles. The van der Waals surface area contributed by atoms with E-state index in [0.717, 1.165) is 30.5 Å². The van der Waals surface area contributed by atoms with Crippen LogP contribution in [0.5, 0.6) is 5.75 Å². The quantitative estimate of drug-likeness (QED) is 0.330. The number of amides is 2. The van der Waals surface area contributed by atoms with Crippen molar-refractivity contribution in [2.24, 2.45) is 0 Å². The molecular weight excluding hydrogens is 451 g/mol. The summed E-state index contributed by atoms with van der Waals surface area (Å²) < 4.78 is 19.6. The Morgan fingerprint density at radius 2 is 1.91 bits per heavy atom. The van der Waals surface area contributed by atoms with Crippen molar-refractivity contribution < 1.29 is 23.5 Å². The highest BCUT2D eigenvalue weighted by Crippen LogP contribution is 2.39. The van der Waals surface area contributed by atoms with Crippen molar-refractivity contribution in [3.63, 3.8) is 0 Å². The summed E-state index contributed by atoms with van der Waals surface area (Å²) in [5, 5.41) is 20.6. The maximum atomic E-state index is 13.2. The van der Waals surface area contributed by atoms with Gasteiger partial charge in [0.15, 0.2) is 5.76 Å². The van der Waals surface area contributed by atoms with Crippen LogP contribution in [0.15, 0.2) is 71.3 Å². The average Bonchev–Trinajstić information content (AvgIpc) is 3.50. The number of carbonyl (C=O) groups is 2. The summed E-state index contributed by atoms with van der Waals surface area (Å²) in [6.07, 6.45) is 4.37. The fraction of sp³-hybridized carbons (Fsp3) is 0.192. The number of benzene rings is 2. The highest BCUT2D eigenvalue weighted by atomic mass is 19.1. The number of phenolic OH excluding ortho intramolecular Hbond substituents is 1. The first-order chi connectivity index (χ1) is 17.0. The van der Waals surface area contributed by atoms with Crippen molar-refractivity contribution in [2.75, 3.05) is 5.32 Å². The van der Waals surface area contributed by atoms with Crippen LogP contribution in [0.4, 0.5) is 14.9 Å². The molecule has 0 spiro atoms. The number of aromatic hydroxyl groups is 1. The monoisotopic (exact) mass is 474 g/mol. The highest BCUT2D eigenvalue weighted by molar-refractivity contribution is 6.02. The van der Waals surface area contributed by atoms with Crippen LogP contribution in [-0.4, -0.2) is 26.8 Å². The molecular formula is C26H23FN4O4. The van der Waals surface area contributed by atoms with Gasteiger partial charge in [-0.25, -0.2) is 9.18 Å². The van der Waals surface area contributed by atoms with Gasteiger partial charge in [-0.1, -0.05) is 18.6 Å². The number of halogens is 1. The molecule has 0 radical (unpaired) electrons. The Morgan fingerprint density at radius 3 is 2.60 bits per heavy atom. The SMILES string of the molecule is O=C(Nc1ccc(O)c(-c2cc(C3CCC3)n(C(=O)NCc3ccc(F)cc3)n2)c1)c1ccco1. The average molecular weight is 474 g/mol. The lowest BCUT2D eigenvalue weighted by Gasteiger charge is -2.25. The molecule has 4 aromatic rings. The largest absolute Gasteiger partial charge is 0.507 e. The number of nitrogens with zero attached hydrogens (tertiary/aromatic N) is 2. The van der Waals surface area contributed by atoms with Gasteiger partial charge in [0, 0.05) is 23.7 Å². The van der Waals surface area contributed by atoms with E-state index in [1.165, 1.54) is 29.1 Å². The van der Waals surface area contributed by atoms with Crippen LogP contribution in [-0.2, 0) is 6.54 Å². The maximum Gasteiger partial charge on any atom is 0.342 e. The number of aromatic nitrogens is 2. The lowest BCUT2D eigenvalue weighted by Crippen LogP contribution is -2.31. The predicted octanol–water partition coefficient (Wildman–Crippen LogP) is 5.27. The molecule has 9 heteroatoms. The third-order valence-corrected chi connectivity index (χ3v) is 6.09. The third kappa shape index (κ3) is 4.79. The fourth-order valence-corrected chi connectivity index (χ4v) is 3.96. The first-order valence-electron chi connectivity index (χ1n) is 11.3. The van der Waals surface area contributed by atoms with Crippen molar-refractivity contribution in [3.8, 4) is 17.0 Å². The van der Waals surface area contributed by atoms with Crippen LogP contribution < -0.4 is 10.6 Å². The van der Waals surface area contributed by atoms with Crippen molar-refractivity contribution in [1.82, 2.24) is 15.1 Å². The van der Waals surface area contributed by atoms with Gasteiger partial charge in [-0.2, -0.15) is 9.78 Å². The maximum absolute atomic E-state index is 13.2. The standard InChI is InChI=1S/C26H23FN4O4/c27-18-8-6-16(7-9-18)15-28-26(34)31-22(17-3-1-4-17)14-21(30-31)20-13-19(10-11-23(20)32)29-25(33)24-5-2-12-35-24/h2,5-14,17,32H,1,3-4,15H2,(H,28,34)(H,29,33). The Balaban J connectivity index is 1.40. The molecule has 2 amide bonds. The third-order valence-electron chi connectivity index (χ3n) is 6.09. The minimum absolute atomic E-state index is 0.0301. The van der Waals surface area contributed by atoms with Gasteiger partial charge in [0.05, 0.1) is 17.7 Å². The van der Waals surface area contributed by atoms with Gasteiger partial charge >= 0.3 is 6.03 Å². The zero-order valence-corrected chi connectivity index (χ0v) is 18.7. The van der Waals surface area contributed by atoms with Crippen LogP contribution in [0.1, 0.15) is 47.0 Å². The molecule has 0 saturated heterocycles. The zero-order valence-electron chi connectivity index (χ0n) is 18.7. The molecule has 0 unspecified atom stereocenters. The number of anilines is 1. The highest BCUT2D eigenvalue weighted by Gasteiger charge is 2.27. The Labute approximate surface area is 200 Å². The van der Waals surface area contributed by atoms with Crippen LogP contribution in [0.25, 0.3) is 11.3 Å². The van der Waals surface area contributed by atoms with Crippen LogP contribution in [0.3, 0.4) is 0 Å². The lowest BCUT2D eigenvalue weighted by atomic mass is 9.82. The summed E-state index contributed by atoms with van der Waals surface area (Å²) in [6.45, 7) is 0.220. The fourth-order valence-electron chi connectivity index (χ4n) is 3.96. The van der Waals surface area contributed by atoms with Crippen molar-refractivity contribution >= 4 is 17.6 Å². The van der Waals surface area contributed by atoms with E-state index in [1.54, 1.807) is 42.5 Å². The molecule has 35 heavy (non-hydrogen) atoms. The molecule has 1 aliphatic carbocycles. The molecule has 1 saturated carbocycles. The van der Waals surface area contributed by atoms with Gasteiger partial charge in [0.25, 0.3) is 5.91 Å². The summed E-state index contributed by atoms with van der Waals surface area (Å²) in [6, 6.07) is 15.1. The number of hydrogen-bond donors (Lipinski definition) is 3. The predicted molar refractivity (Wildman–Crippen MR) is 127 cm³/mol. The van der Waals surface area contributed by atoms with E-state index in [9.17, 15) is 19.1 Å². The van der Waals surface area contributed by atoms with E-state index < -0.39 is 11.9 Å². The van der Waals surface area contributed by atoms with Crippen molar-refractivity contribution in [2.45, 2.75) is 31.7 Å². The Morgan fingerprint density at radius 1 is 1.11 bits per heavy atom. The molecule has 178 valence electrons. The van der Waals surface area contributed by atoms with Gasteiger partial charge in [0.2, 0.25) is 0 Å². The van der Waals surface area contributed by atoms with Crippen molar-refractivity contribution in [1.29, 1.82) is 0 Å². The second kappa shape index (κ2) is 9.46. The van der Waals surface area contributed by atoms with Crippen LogP contribution in [0.2, 0.25) is 0 Å². The lowest BCUT2D eigenvalue weighted by molar-refractivity contribution is 0.0996. The molecule has 5 rings (SSSR count). The summed E-state index contributed by atoms with van der Waals surface area (Å²) >= 11 is 0. The van der Waals surface area contributed by atoms with E-state index >= 15 is 0 Å². The van der Waals surface area contributed by atoms with Crippen LogP contribution >= 0.6 is 0 Å². The van der Waals surface area contributed by atoms with Gasteiger partial charge in [0.1, 0.15) is 11.6 Å². The minimum Gasteiger partial charge on any atom is -0.507 e. The molecule has 3 N–H and O–H groups in total. The topological polar surface area (TPSA) is 109 Å². The Kier molecular flexibility index (Phi) is 6.05. The van der Waals surface area contributed by atoms with Gasteiger partial charge in [-0.05, 0) is 66.9 Å². The second-order valence-corrected chi connectivity index (χ2v) is 8.44. The second-order valence-electron chi connectivity index (χ2n) is 8.44. The minimum atomic E-state index is -0.424. The first-order valence-corrected chi connectivity index (χ1v) is 11.3. The summed E-state index contributed by atoms with van der Waals surface area (Å²) in [5.41, 5.74) is 2.75. The summed E-state index contributed by atoms with van der Waals surface area (Å²) in [7, 11) is 0. The van der Waals surface area contributed by atoms with Crippen LogP contribution in [0, 0.1) is 5.82 Å². The number of furan rings is 1. The number of nitrogens with one attached hydrogen (secondary N) is 2. The zero-order chi connectivity index (χ0) is 24.4. The van der Waals surface area contributed by atoms with E-state index in [0.29, 0.717) is 16.9 Å². The molecule has 1 aliphatic rings. The molecule has 2 aromatic carbocycles. The normalized spacial score (nSPS) is 13.3. The molecule has 1 fully saturated rings. The van der Waals surface area contributed by atoms with E-state index in [2.05, 4.69) is 15.7 Å². The number of phenols is 1. The number of carbonyl (C=O) groups excluding carboxylic acids is 2. The van der Waals surface area contributed by atoms with Gasteiger partial charge < -0.3 is 20.2 Å². The molecule has 0 atom stereocenters. The summed E-state index contributed by atoms with van der Waals surface area (Å²) in [5.74, 6) is -0.442. The molecule has 0 bridgehead atoms. The molecule has 0 aliphatic heterocycles. The summed E-state index contributed by atoms with van der Waals surface area (Å²) in [4.78, 5) is 25.3. The first kappa shape index (κ1) is 22.4. The number of rotatable bonds is 6. The van der Waals surface area contributed by atoms with Crippen molar-refractivity contribution in [3.05, 3.63) is 89.8 Å². The smallest absolute Gasteiger partial charge is 0.342 e. The molecule has 8 nitrogen and oxygen atoms in total. The van der Waals surface area contributed by atoms with E-state index in [-0.39, 0.29) is 29.8 Å². The van der Waals surface area contributed by atoms with Gasteiger partial charge in [-0.3, -0.25) is 4.79 Å². The van der Waals surface area contributed by atoms with E-state index in [4.69, 9.17) is 4.42 Å².